The van der Waals surface area contributed by atoms with Crippen molar-refractivity contribution in [2.45, 2.75) is 25.4 Å². The number of urea groups is 2. The molecule has 2 aromatic carbocycles. The van der Waals surface area contributed by atoms with E-state index in [1.807, 2.05) is 0 Å². The van der Waals surface area contributed by atoms with Gasteiger partial charge in [0.15, 0.2) is 11.6 Å². The number of rotatable bonds is 15. The molecule has 77 heavy (non-hydrogen) atoms. The van der Waals surface area contributed by atoms with Crippen molar-refractivity contribution in [1.82, 2.24) is 44.4 Å². The number of alkyl halides is 6. The van der Waals surface area contributed by atoms with Gasteiger partial charge in [0.25, 0.3) is 0 Å². The second-order valence-electron chi connectivity index (χ2n) is 16.7. The van der Waals surface area contributed by atoms with Crippen LogP contribution >= 0.6 is 0 Å². The van der Waals surface area contributed by atoms with Crippen LogP contribution in [0.15, 0.2) is 135 Å². The first-order valence-corrected chi connectivity index (χ1v) is 23.1. The lowest BCUT2D eigenvalue weighted by Gasteiger charge is -2.35. The van der Waals surface area contributed by atoms with Gasteiger partial charge in [0.1, 0.15) is 34.4 Å². The minimum atomic E-state index is -4.96. The number of nitrogens with one attached hydrogen (secondary N) is 2. The third-order valence-electron chi connectivity index (χ3n) is 11.4. The average molecular weight is 1070 g/mol. The number of hydrogen-bond donors (Lipinski definition) is 3. The number of pyridine rings is 4. The van der Waals surface area contributed by atoms with Crippen LogP contribution < -0.4 is 30.1 Å². The Bertz CT molecular complexity index is 3390. The minimum Gasteiger partial charge on any atom is -0.457 e. The van der Waals surface area contributed by atoms with E-state index in [1.165, 1.54) is 41.5 Å². The smallest absolute Gasteiger partial charge is 0.417 e. The van der Waals surface area contributed by atoms with Gasteiger partial charge in [-0.25, -0.2) is 18.4 Å². The number of hydrogen-bond acceptors (Lipinski definition) is 13. The molecule has 0 unspecified atom stereocenters. The number of hydrazine groups is 1. The fourth-order valence-electron chi connectivity index (χ4n) is 7.69. The van der Waals surface area contributed by atoms with E-state index in [4.69, 9.17) is 14.2 Å². The zero-order valence-corrected chi connectivity index (χ0v) is 39.8. The van der Waals surface area contributed by atoms with Gasteiger partial charge in [0, 0.05) is 92.2 Å². The minimum absolute atomic E-state index is 0.123. The molecule has 8 aromatic rings. The molecule has 4 amide bonds. The highest BCUT2D eigenvalue weighted by atomic mass is 19.4. The standard InChI is InChI=1S/C50H41F8N13O6/c51-41-19-37(76-39-5-7-61-43(21-39)31-23-63-68(29-31)10-9-67-12-15-75-16-13-67)1-3-45(41)70(47(73)65-35-17-33(25-59-27-35)49(53,54)55)71(48(74)66-36-18-34(26-60-28-36)50(56,57)58)46-4-2-38(20-42(46)52)77-40-6-8-62-44(22-40)32-24-64-69(30-32)11-14-72/h1-8,17-30,72H,9-16H2,(H,65,73)(H,66,74). The SMILES string of the molecule is O=C(Nc1cncc(C(F)(F)F)c1)N(c1ccc(Oc2ccnc(-c3cnn(CCO)c3)c2)cc1F)N(C(=O)Nc1cncc(C(F)(F)F)c1)c1ccc(Oc2ccnc(-c3cnn(CCN4CCOCC4)c3)c2)cc1F. The molecule has 1 aliphatic heterocycles. The van der Waals surface area contributed by atoms with Crippen molar-refractivity contribution in [1.29, 1.82) is 0 Å². The van der Waals surface area contributed by atoms with E-state index in [1.54, 1.807) is 29.3 Å². The maximum absolute atomic E-state index is 16.9. The zero-order valence-electron chi connectivity index (χ0n) is 39.8. The van der Waals surface area contributed by atoms with Gasteiger partial charge in [0.2, 0.25) is 0 Å². The van der Waals surface area contributed by atoms with E-state index in [9.17, 15) is 41.0 Å². The van der Waals surface area contributed by atoms with Gasteiger partial charge in [0.05, 0.1) is 91.6 Å². The molecule has 27 heteroatoms. The van der Waals surface area contributed by atoms with E-state index in [-0.39, 0.29) is 46.2 Å². The van der Waals surface area contributed by atoms with E-state index in [2.05, 4.69) is 45.7 Å². The summed E-state index contributed by atoms with van der Waals surface area (Å²) in [4.78, 5) is 47.2. The molecule has 0 atom stereocenters. The maximum atomic E-state index is 16.9. The third kappa shape index (κ3) is 13.1. The monoisotopic (exact) mass is 1070 g/mol. The number of carbonyl (C=O) groups is 2. The van der Waals surface area contributed by atoms with E-state index in [0.717, 1.165) is 68.4 Å². The van der Waals surface area contributed by atoms with Gasteiger partial charge in [-0.1, -0.05) is 0 Å². The Hall–Kier alpha value is -9.08. The average Bonchev–Trinajstić information content (AvgIpc) is 4.10. The lowest BCUT2D eigenvalue weighted by atomic mass is 10.2. The first-order chi connectivity index (χ1) is 37.0. The van der Waals surface area contributed by atoms with Crippen molar-refractivity contribution < 1.29 is 64.0 Å². The largest absolute Gasteiger partial charge is 0.457 e. The number of amides is 4. The van der Waals surface area contributed by atoms with E-state index >= 15 is 8.78 Å². The third-order valence-corrected chi connectivity index (χ3v) is 11.4. The number of anilines is 4. The number of aliphatic hydroxyl groups excluding tert-OH is 1. The maximum Gasteiger partial charge on any atom is 0.417 e. The molecule has 19 nitrogen and oxygen atoms in total. The van der Waals surface area contributed by atoms with Crippen LogP contribution in [-0.4, -0.2) is 101 Å². The van der Waals surface area contributed by atoms with Crippen molar-refractivity contribution in [3.8, 4) is 45.5 Å². The highest BCUT2D eigenvalue weighted by molar-refractivity contribution is 6.13. The molecule has 1 saturated heterocycles. The molecule has 0 aliphatic carbocycles. The second kappa shape index (κ2) is 22.8. The van der Waals surface area contributed by atoms with Crippen LogP contribution in [0.2, 0.25) is 0 Å². The first-order valence-electron chi connectivity index (χ1n) is 23.1. The zero-order chi connectivity index (χ0) is 54.3. The summed E-state index contributed by atoms with van der Waals surface area (Å²) in [6.45, 7) is 4.27. The molecule has 0 spiro atoms. The molecule has 0 saturated carbocycles. The fourth-order valence-corrected chi connectivity index (χ4v) is 7.69. The summed E-state index contributed by atoms with van der Waals surface area (Å²) >= 11 is 0. The molecule has 398 valence electrons. The summed E-state index contributed by atoms with van der Waals surface area (Å²) < 4.78 is 137. The van der Waals surface area contributed by atoms with Crippen LogP contribution in [0, 0.1) is 11.6 Å². The number of aromatic nitrogens is 8. The molecule has 6 aromatic heterocycles. The molecule has 1 fully saturated rings. The first kappa shape index (κ1) is 52.8. The lowest BCUT2D eigenvalue weighted by Crippen LogP contribution is -2.54. The molecule has 1 aliphatic rings. The molecule has 0 radical (unpaired) electrons. The van der Waals surface area contributed by atoms with Crippen LogP contribution in [0.3, 0.4) is 0 Å². The Kier molecular flexibility index (Phi) is 15.6. The quantitative estimate of drug-likeness (QED) is 0.0647. The Balaban J connectivity index is 1.06. The topological polar surface area (TPSA) is 203 Å². The van der Waals surface area contributed by atoms with Crippen molar-refractivity contribution >= 4 is 34.8 Å². The fraction of sp³-hybridized carbons (Fsp3) is 0.200. The van der Waals surface area contributed by atoms with Crippen LogP contribution in [0.4, 0.5) is 67.5 Å². The predicted octanol–water partition coefficient (Wildman–Crippen LogP) is 9.91. The van der Waals surface area contributed by atoms with Gasteiger partial charge in [-0.15, -0.1) is 0 Å². The van der Waals surface area contributed by atoms with Crippen LogP contribution in [0.5, 0.6) is 23.0 Å². The lowest BCUT2D eigenvalue weighted by molar-refractivity contribution is -0.138. The number of ether oxygens (including phenoxy) is 3. The predicted molar refractivity (Wildman–Crippen MR) is 260 cm³/mol. The van der Waals surface area contributed by atoms with Crippen LogP contribution in [0.25, 0.3) is 22.5 Å². The molecule has 7 heterocycles. The summed E-state index contributed by atoms with van der Waals surface area (Å²) in [6.07, 6.45) is 1.91. The highest BCUT2D eigenvalue weighted by Gasteiger charge is 2.37. The summed E-state index contributed by atoms with van der Waals surface area (Å²) in [5.74, 6) is -2.81. The summed E-state index contributed by atoms with van der Waals surface area (Å²) in [6, 6.07) is 9.33. The van der Waals surface area contributed by atoms with Crippen molar-refractivity contribution in [2.75, 3.05) is 60.1 Å². The number of morpholine rings is 1. The normalized spacial score (nSPS) is 13.0. The Morgan fingerprint density at radius 1 is 0.597 bits per heavy atom. The van der Waals surface area contributed by atoms with Crippen molar-refractivity contribution in [3.63, 3.8) is 0 Å². The van der Waals surface area contributed by atoms with E-state index < -0.39 is 69.9 Å². The van der Waals surface area contributed by atoms with Crippen molar-refractivity contribution in [3.05, 3.63) is 158 Å². The van der Waals surface area contributed by atoms with Crippen LogP contribution in [-0.2, 0) is 30.2 Å². The van der Waals surface area contributed by atoms with Gasteiger partial charge >= 0.3 is 24.4 Å². The Morgan fingerprint density at radius 3 is 1.49 bits per heavy atom. The molecule has 9 rings (SSSR count). The molecule has 0 bridgehead atoms. The number of nitrogens with zero attached hydrogens (tertiary/aromatic N) is 11. The number of aliphatic hydroxyl groups is 1. The van der Waals surface area contributed by atoms with Gasteiger partial charge in [-0.2, -0.15) is 46.6 Å². The molecule has 3 N–H and O–H groups in total. The van der Waals surface area contributed by atoms with Gasteiger partial charge < -0.3 is 30.0 Å². The second-order valence-corrected chi connectivity index (χ2v) is 16.7. The number of halogens is 8. The number of carbonyl (C=O) groups excluding carboxylic acids is 2. The molecular formula is C50H41F8N13O6. The van der Waals surface area contributed by atoms with Crippen LogP contribution in [0.1, 0.15) is 11.1 Å². The highest BCUT2D eigenvalue weighted by Crippen LogP contribution is 2.37. The summed E-state index contributed by atoms with van der Waals surface area (Å²) in [5.41, 5.74) is -3.65. The summed E-state index contributed by atoms with van der Waals surface area (Å²) in [7, 11) is 0. The van der Waals surface area contributed by atoms with E-state index in [0.29, 0.717) is 66.8 Å². The summed E-state index contributed by atoms with van der Waals surface area (Å²) in [5, 5.41) is 22.5. The number of benzene rings is 2. The Morgan fingerprint density at radius 2 is 1.05 bits per heavy atom. The van der Waals surface area contributed by atoms with Gasteiger partial charge in [-0.3, -0.25) is 34.2 Å². The Labute approximate surface area is 430 Å². The van der Waals surface area contributed by atoms with Crippen molar-refractivity contribution in [2.24, 2.45) is 0 Å². The van der Waals surface area contributed by atoms with Gasteiger partial charge in [-0.05, 0) is 48.5 Å². The molecular weight excluding hydrogens is 1030 g/mol.